The molecule has 1 saturated carbocycles. The Morgan fingerprint density at radius 1 is 1.20 bits per heavy atom. The molecule has 2 heterocycles. The number of hydrogen-bond donors (Lipinski definition) is 2. The average molecular weight is 271 g/mol. The second-order valence-corrected chi connectivity index (χ2v) is 5.28. The highest BCUT2D eigenvalue weighted by atomic mass is 16.4. The number of aliphatic carboxylic acids is 1. The zero-order chi connectivity index (χ0) is 13.9. The first-order chi connectivity index (χ1) is 9.74. The van der Waals surface area contributed by atoms with Crippen molar-refractivity contribution in [1.29, 1.82) is 0 Å². The fourth-order valence-corrected chi connectivity index (χ4v) is 2.82. The van der Waals surface area contributed by atoms with Crippen molar-refractivity contribution >= 4 is 22.6 Å². The highest BCUT2D eigenvalue weighted by Crippen LogP contribution is 2.28. The van der Waals surface area contributed by atoms with Gasteiger partial charge in [-0.25, -0.2) is 0 Å². The van der Waals surface area contributed by atoms with Crippen molar-refractivity contribution in [3.05, 3.63) is 30.7 Å². The minimum Gasteiger partial charge on any atom is -0.481 e. The van der Waals surface area contributed by atoms with Gasteiger partial charge in [-0.2, -0.15) is 0 Å². The largest absolute Gasteiger partial charge is 0.481 e. The van der Waals surface area contributed by atoms with E-state index in [9.17, 15) is 4.79 Å². The molecule has 1 aliphatic carbocycles. The van der Waals surface area contributed by atoms with Crippen LogP contribution in [0.15, 0.2) is 30.7 Å². The molecule has 104 valence electrons. The fraction of sp³-hybridized carbons (Fsp3) is 0.400. The molecule has 0 spiro atoms. The number of nitrogens with zero attached hydrogens (tertiary/aromatic N) is 2. The van der Waals surface area contributed by atoms with E-state index in [1.165, 1.54) is 0 Å². The zero-order valence-corrected chi connectivity index (χ0v) is 11.1. The van der Waals surface area contributed by atoms with E-state index in [2.05, 4.69) is 15.3 Å². The van der Waals surface area contributed by atoms with Gasteiger partial charge < -0.3 is 10.4 Å². The third kappa shape index (κ3) is 2.57. The summed E-state index contributed by atoms with van der Waals surface area (Å²) in [5, 5.41) is 13.5. The van der Waals surface area contributed by atoms with Crippen molar-refractivity contribution < 1.29 is 9.90 Å². The fourth-order valence-electron chi connectivity index (χ4n) is 2.82. The van der Waals surface area contributed by atoms with Gasteiger partial charge in [-0.15, -0.1) is 0 Å². The van der Waals surface area contributed by atoms with E-state index >= 15 is 0 Å². The number of nitrogens with one attached hydrogen (secondary N) is 1. The summed E-state index contributed by atoms with van der Waals surface area (Å²) in [6.07, 6.45) is 8.60. The Morgan fingerprint density at radius 2 is 2.00 bits per heavy atom. The Labute approximate surface area is 117 Å². The maximum Gasteiger partial charge on any atom is 0.306 e. The molecule has 0 unspecified atom stereocenters. The van der Waals surface area contributed by atoms with Crippen LogP contribution in [0, 0.1) is 5.92 Å². The smallest absolute Gasteiger partial charge is 0.306 e. The first kappa shape index (κ1) is 12.8. The lowest BCUT2D eigenvalue weighted by atomic mass is 9.86. The van der Waals surface area contributed by atoms with Crippen LogP contribution in [0.1, 0.15) is 25.7 Å². The van der Waals surface area contributed by atoms with Crippen LogP contribution in [0.4, 0.5) is 5.69 Å². The molecule has 0 saturated heterocycles. The number of rotatable bonds is 3. The lowest BCUT2D eigenvalue weighted by molar-refractivity contribution is -0.142. The molecule has 0 aromatic carbocycles. The first-order valence-corrected chi connectivity index (χ1v) is 6.92. The summed E-state index contributed by atoms with van der Waals surface area (Å²) >= 11 is 0. The molecule has 1 fully saturated rings. The Morgan fingerprint density at radius 3 is 2.75 bits per heavy atom. The summed E-state index contributed by atoms with van der Waals surface area (Å²) < 4.78 is 0. The van der Waals surface area contributed by atoms with E-state index in [0.717, 1.165) is 42.3 Å². The van der Waals surface area contributed by atoms with E-state index in [4.69, 9.17) is 5.11 Å². The maximum absolute atomic E-state index is 11.0. The summed E-state index contributed by atoms with van der Waals surface area (Å²) in [5.74, 6) is -0.842. The minimum atomic E-state index is -0.665. The number of pyridine rings is 2. The molecule has 0 amide bonds. The van der Waals surface area contributed by atoms with Gasteiger partial charge in [0.05, 0.1) is 11.4 Å². The molecule has 1 aliphatic rings. The van der Waals surface area contributed by atoms with Crippen molar-refractivity contribution in [2.24, 2.45) is 5.92 Å². The van der Waals surface area contributed by atoms with Crippen LogP contribution in [0.5, 0.6) is 0 Å². The third-order valence-electron chi connectivity index (χ3n) is 3.98. The molecule has 2 aromatic rings. The molecule has 2 N–H and O–H groups in total. The molecular formula is C15H17N3O2. The summed E-state index contributed by atoms with van der Waals surface area (Å²) in [5.41, 5.74) is 1.95. The van der Waals surface area contributed by atoms with E-state index in [1.54, 1.807) is 12.4 Å². The van der Waals surface area contributed by atoms with Gasteiger partial charge in [0.2, 0.25) is 0 Å². The number of aromatic nitrogens is 2. The summed E-state index contributed by atoms with van der Waals surface area (Å²) in [6, 6.07) is 4.17. The van der Waals surface area contributed by atoms with Crippen molar-refractivity contribution in [2.75, 3.05) is 5.32 Å². The topological polar surface area (TPSA) is 75.1 Å². The van der Waals surface area contributed by atoms with Gasteiger partial charge in [0.25, 0.3) is 0 Å². The monoisotopic (exact) mass is 271 g/mol. The number of fused-ring (bicyclic) bond motifs is 1. The van der Waals surface area contributed by atoms with Crippen LogP contribution in [-0.2, 0) is 4.79 Å². The first-order valence-electron chi connectivity index (χ1n) is 6.92. The maximum atomic E-state index is 11.0. The number of hydrogen-bond acceptors (Lipinski definition) is 4. The zero-order valence-electron chi connectivity index (χ0n) is 11.1. The van der Waals surface area contributed by atoms with Crippen molar-refractivity contribution in [3.8, 4) is 0 Å². The predicted molar refractivity (Wildman–Crippen MR) is 76.5 cm³/mol. The molecule has 5 heteroatoms. The van der Waals surface area contributed by atoms with E-state index < -0.39 is 5.97 Å². The number of carbonyl (C=O) groups is 1. The highest BCUT2D eigenvalue weighted by Gasteiger charge is 2.25. The van der Waals surface area contributed by atoms with Crippen LogP contribution in [0.25, 0.3) is 10.9 Å². The quantitative estimate of drug-likeness (QED) is 0.897. The number of carboxylic acids is 1. The van der Waals surface area contributed by atoms with Gasteiger partial charge in [0, 0.05) is 35.7 Å². The molecule has 0 radical (unpaired) electrons. The van der Waals surface area contributed by atoms with Gasteiger partial charge in [-0.3, -0.25) is 14.8 Å². The molecule has 0 bridgehead atoms. The van der Waals surface area contributed by atoms with Gasteiger partial charge in [-0.05, 0) is 37.8 Å². The standard InChI is InChI=1S/C15H17N3O2/c19-15(20)10-1-3-11(4-2-10)18-14-6-8-17-13-5-7-16-9-12(13)14/h5-11H,1-4H2,(H,17,18)(H,19,20). The van der Waals surface area contributed by atoms with Gasteiger partial charge >= 0.3 is 5.97 Å². The number of carboxylic acid groups (broad SMARTS) is 1. The van der Waals surface area contributed by atoms with Gasteiger partial charge in [-0.1, -0.05) is 0 Å². The van der Waals surface area contributed by atoms with Crippen LogP contribution in [0.3, 0.4) is 0 Å². The molecule has 2 aromatic heterocycles. The van der Waals surface area contributed by atoms with Crippen molar-refractivity contribution in [2.45, 2.75) is 31.7 Å². The lowest BCUT2D eigenvalue weighted by Crippen LogP contribution is -2.29. The van der Waals surface area contributed by atoms with Crippen LogP contribution < -0.4 is 5.32 Å². The molecule has 0 atom stereocenters. The van der Waals surface area contributed by atoms with E-state index in [0.29, 0.717) is 6.04 Å². The van der Waals surface area contributed by atoms with E-state index in [1.807, 2.05) is 18.3 Å². The molecule has 5 nitrogen and oxygen atoms in total. The Hall–Kier alpha value is -2.17. The number of anilines is 1. The minimum absolute atomic E-state index is 0.177. The third-order valence-corrected chi connectivity index (χ3v) is 3.98. The second kappa shape index (κ2) is 5.45. The normalized spacial score (nSPS) is 22.6. The van der Waals surface area contributed by atoms with Crippen LogP contribution in [-0.4, -0.2) is 27.1 Å². The second-order valence-electron chi connectivity index (χ2n) is 5.28. The molecule has 0 aliphatic heterocycles. The lowest BCUT2D eigenvalue weighted by Gasteiger charge is -2.28. The van der Waals surface area contributed by atoms with Crippen molar-refractivity contribution in [3.63, 3.8) is 0 Å². The van der Waals surface area contributed by atoms with E-state index in [-0.39, 0.29) is 5.92 Å². The highest BCUT2D eigenvalue weighted by molar-refractivity contribution is 5.90. The summed E-state index contributed by atoms with van der Waals surface area (Å²) in [4.78, 5) is 19.4. The Balaban J connectivity index is 1.73. The van der Waals surface area contributed by atoms with Gasteiger partial charge in [0.15, 0.2) is 0 Å². The molecular weight excluding hydrogens is 254 g/mol. The summed E-state index contributed by atoms with van der Waals surface area (Å²) in [6.45, 7) is 0. The average Bonchev–Trinajstić information content (AvgIpc) is 2.48. The SMILES string of the molecule is O=C(O)C1CCC(Nc2ccnc3ccncc23)CC1. The molecule has 20 heavy (non-hydrogen) atoms. The predicted octanol–water partition coefficient (Wildman–Crippen LogP) is 2.69. The van der Waals surface area contributed by atoms with Crippen LogP contribution >= 0.6 is 0 Å². The Bertz CT molecular complexity index is 616. The molecule has 3 rings (SSSR count). The Kier molecular flexibility index (Phi) is 3.50. The van der Waals surface area contributed by atoms with Crippen molar-refractivity contribution in [1.82, 2.24) is 9.97 Å². The van der Waals surface area contributed by atoms with Crippen LogP contribution in [0.2, 0.25) is 0 Å². The summed E-state index contributed by atoms with van der Waals surface area (Å²) in [7, 11) is 0. The van der Waals surface area contributed by atoms with Gasteiger partial charge in [0.1, 0.15) is 0 Å².